The third-order valence-corrected chi connectivity index (χ3v) is 5.07. The highest BCUT2D eigenvalue weighted by molar-refractivity contribution is 5.94. The van der Waals surface area contributed by atoms with E-state index in [2.05, 4.69) is 22.1 Å². The molecule has 0 aliphatic carbocycles. The molecule has 1 atom stereocenters. The number of hydrogen-bond acceptors (Lipinski definition) is 4. The first-order chi connectivity index (χ1) is 12.9. The van der Waals surface area contributed by atoms with E-state index in [1.165, 1.54) is 12.8 Å². The van der Waals surface area contributed by atoms with Gasteiger partial charge in [-0.2, -0.15) is 0 Å². The van der Waals surface area contributed by atoms with Gasteiger partial charge in [-0.25, -0.2) is 0 Å². The van der Waals surface area contributed by atoms with Gasteiger partial charge >= 0.3 is 0 Å². The molecule has 0 radical (unpaired) electrons. The van der Waals surface area contributed by atoms with Crippen LogP contribution in [0.15, 0.2) is 24.3 Å². The highest BCUT2D eigenvalue weighted by Gasteiger charge is 2.24. The summed E-state index contributed by atoms with van der Waals surface area (Å²) < 4.78 is 5.72. The Bertz CT molecular complexity index is 683. The zero-order valence-corrected chi connectivity index (χ0v) is 16.3. The zero-order valence-electron chi connectivity index (χ0n) is 16.3. The van der Waals surface area contributed by atoms with Crippen LogP contribution in [-0.4, -0.2) is 59.9 Å². The molecule has 1 amide bonds. The first-order valence-corrected chi connectivity index (χ1v) is 9.89. The van der Waals surface area contributed by atoms with Gasteiger partial charge in [0.2, 0.25) is 0 Å². The Morgan fingerprint density at radius 2 is 1.96 bits per heavy atom. The van der Waals surface area contributed by atoms with Crippen LogP contribution < -0.4 is 5.32 Å². The molecule has 2 N–H and O–H groups in total. The summed E-state index contributed by atoms with van der Waals surface area (Å²) in [7, 11) is 0. The van der Waals surface area contributed by atoms with Crippen LogP contribution in [0.1, 0.15) is 55.5 Å². The Morgan fingerprint density at radius 3 is 2.56 bits per heavy atom. The van der Waals surface area contributed by atoms with E-state index in [1.54, 1.807) is 26.0 Å². The molecule has 0 unspecified atom stereocenters. The first-order valence-electron chi connectivity index (χ1n) is 9.89. The molecule has 1 aromatic carbocycles. The molecule has 2 aliphatic rings. The van der Waals surface area contributed by atoms with E-state index in [4.69, 9.17) is 4.74 Å². The summed E-state index contributed by atoms with van der Waals surface area (Å²) in [4.78, 5) is 14.9. The van der Waals surface area contributed by atoms with Crippen molar-refractivity contribution in [3.05, 3.63) is 35.4 Å². The molecule has 2 fully saturated rings. The Labute approximate surface area is 162 Å². The topological polar surface area (TPSA) is 61.8 Å². The van der Waals surface area contributed by atoms with E-state index >= 15 is 0 Å². The molecule has 0 aromatic heterocycles. The lowest BCUT2D eigenvalue weighted by Gasteiger charge is -2.33. The summed E-state index contributed by atoms with van der Waals surface area (Å²) in [5.74, 6) is 5.66. The summed E-state index contributed by atoms with van der Waals surface area (Å²) >= 11 is 0. The maximum atomic E-state index is 12.5. The third-order valence-electron chi connectivity index (χ3n) is 5.07. The summed E-state index contributed by atoms with van der Waals surface area (Å²) in [5.41, 5.74) is 0.413. The van der Waals surface area contributed by atoms with Crippen molar-refractivity contribution in [1.82, 2.24) is 10.2 Å². The molecule has 5 nitrogen and oxygen atoms in total. The van der Waals surface area contributed by atoms with Crippen molar-refractivity contribution in [2.75, 3.05) is 26.2 Å². The summed E-state index contributed by atoms with van der Waals surface area (Å²) in [6.07, 6.45) is 4.71. The fraction of sp³-hybridized carbons (Fsp3) is 0.591. The van der Waals surface area contributed by atoms with Gasteiger partial charge in [0.05, 0.1) is 6.10 Å². The lowest BCUT2D eigenvalue weighted by atomic mass is 10.0. The lowest BCUT2D eigenvalue weighted by Crippen LogP contribution is -2.46. The summed E-state index contributed by atoms with van der Waals surface area (Å²) in [6.45, 7) is 7.24. The molecule has 5 heteroatoms. The van der Waals surface area contributed by atoms with Gasteiger partial charge in [-0.15, -0.1) is 0 Å². The van der Waals surface area contributed by atoms with Crippen LogP contribution in [0.5, 0.6) is 0 Å². The molecule has 2 aliphatic heterocycles. The molecule has 27 heavy (non-hydrogen) atoms. The van der Waals surface area contributed by atoms with Gasteiger partial charge in [-0.1, -0.05) is 11.8 Å². The minimum atomic E-state index is -1.02. The van der Waals surface area contributed by atoms with Gasteiger partial charge in [-0.3, -0.25) is 4.79 Å². The van der Waals surface area contributed by atoms with Crippen LogP contribution in [-0.2, 0) is 4.74 Å². The predicted molar refractivity (Wildman–Crippen MR) is 106 cm³/mol. The van der Waals surface area contributed by atoms with E-state index in [-0.39, 0.29) is 11.9 Å². The zero-order chi connectivity index (χ0) is 19.3. The Kier molecular flexibility index (Phi) is 6.54. The number of likely N-dealkylation sites (tertiary alicyclic amines) is 1. The molecular weight excluding hydrogens is 340 g/mol. The number of aliphatic hydroxyl groups is 1. The monoisotopic (exact) mass is 370 g/mol. The number of ether oxygens (including phenoxy) is 1. The predicted octanol–water partition coefficient (Wildman–Crippen LogP) is 2.18. The Hall–Kier alpha value is -1.87. The normalized spacial score (nSPS) is 21.5. The summed E-state index contributed by atoms with van der Waals surface area (Å²) in [6, 6.07) is 7.44. The van der Waals surface area contributed by atoms with Crippen molar-refractivity contribution in [3.8, 4) is 11.8 Å². The van der Waals surface area contributed by atoms with Gasteiger partial charge in [0, 0.05) is 43.4 Å². The van der Waals surface area contributed by atoms with E-state index in [9.17, 15) is 9.90 Å². The van der Waals surface area contributed by atoms with Crippen molar-refractivity contribution in [1.29, 1.82) is 0 Å². The lowest BCUT2D eigenvalue weighted by molar-refractivity contribution is 0.0613. The molecule has 0 saturated carbocycles. The molecule has 2 heterocycles. The maximum Gasteiger partial charge on any atom is 0.251 e. The molecule has 0 bridgehead atoms. The van der Waals surface area contributed by atoms with E-state index < -0.39 is 5.60 Å². The number of amides is 1. The smallest absolute Gasteiger partial charge is 0.251 e. The minimum absolute atomic E-state index is 0.0328. The van der Waals surface area contributed by atoms with Crippen LogP contribution in [0.25, 0.3) is 0 Å². The first kappa shape index (κ1) is 19.9. The molecule has 146 valence electrons. The highest BCUT2D eigenvalue weighted by Crippen LogP contribution is 2.17. The SMILES string of the molecule is CC(C)(O)C#Cc1ccc(C(=O)NC2CCN(C[C@@H]3CCCO3)CC2)cc1. The van der Waals surface area contributed by atoms with Crippen molar-refractivity contribution < 1.29 is 14.6 Å². The number of piperidine rings is 1. The number of carbonyl (C=O) groups is 1. The van der Waals surface area contributed by atoms with E-state index in [0.29, 0.717) is 11.7 Å². The van der Waals surface area contributed by atoms with Crippen LogP contribution in [0.2, 0.25) is 0 Å². The van der Waals surface area contributed by atoms with Crippen LogP contribution >= 0.6 is 0 Å². The summed E-state index contributed by atoms with van der Waals surface area (Å²) in [5, 5.41) is 12.8. The quantitative estimate of drug-likeness (QED) is 0.798. The highest BCUT2D eigenvalue weighted by atomic mass is 16.5. The van der Waals surface area contributed by atoms with Gasteiger partial charge < -0.3 is 20.1 Å². The van der Waals surface area contributed by atoms with Gasteiger partial charge in [0.25, 0.3) is 5.91 Å². The number of benzene rings is 1. The van der Waals surface area contributed by atoms with Crippen molar-refractivity contribution >= 4 is 5.91 Å². The standard InChI is InChI=1S/C22H30N2O3/c1-22(2,26)12-9-17-5-7-18(8-6-17)21(25)23-19-10-13-24(14-11-19)16-20-4-3-15-27-20/h5-8,19-20,26H,3-4,10-11,13-16H2,1-2H3,(H,23,25)/t20-/m0/s1. The second-order valence-electron chi connectivity index (χ2n) is 8.07. The van der Waals surface area contributed by atoms with Crippen LogP contribution in [0.4, 0.5) is 0 Å². The Balaban J connectivity index is 1.45. The third kappa shape index (κ3) is 6.35. The van der Waals surface area contributed by atoms with Crippen molar-refractivity contribution in [2.45, 2.75) is 57.3 Å². The number of nitrogens with one attached hydrogen (secondary N) is 1. The van der Waals surface area contributed by atoms with Crippen LogP contribution in [0.3, 0.4) is 0 Å². The largest absolute Gasteiger partial charge is 0.378 e. The molecule has 1 aromatic rings. The molecule has 2 saturated heterocycles. The molecule has 0 spiro atoms. The van der Waals surface area contributed by atoms with E-state index in [0.717, 1.165) is 44.6 Å². The van der Waals surface area contributed by atoms with Crippen molar-refractivity contribution in [3.63, 3.8) is 0 Å². The van der Waals surface area contributed by atoms with Gasteiger partial charge in [0.15, 0.2) is 0 Å². The number of carbonyl (C=O) groups excluding carboxylic acids is 1. The maximum absolute atomic E-state index is 12.5. The fourth-order valence-electron chi connectivity index (χ4n) is 3.53. The molecule has 3 rings (SSSR count). The minimum Gasteiger partial charge on any atom is -0.378 e. The number of hydrogen-bond donors (Lipinski definition) is 2. The average molecular weight is 370 g/mol. The number of rotatable bonds is 4. The number of nitrogens with zero attached hydrogens (tertiary/aromatic N) is 1. The molecular formula is C22H30N2O3. The van der Waals surface area contributed by atoms with Crippen molar-refractivity contribution in [2.24, 2.45) is 0 Å². The van der Waals surface area contributed by atoms with Gasteiger partial charge in [0.1, 0.15) is 5.60 Å². The second kappa shape index (κ2) is 8.88. The average Bonchev–Trinajstić information content (AvgIpc) is 3.14. The second-order valence-corrected chi connectivity index (χ2v) is 8.07. The van der Waals surface area contributed by atoms with E-state index in [1.807, 2.05) is 12.1 Å². The van der Waals surface area contributed by atoms with Crippen LogP contribution in [0, 0.1) is 11.8 Å². The van der Waals surface area contributed by atoms with Gasteiger partial charge in [-0.05, 0) is 63.8 Å². The fourth-order valence-corrected chi connectivity index (χ4v) is 3.53. The Morgan fingerprint density at radius 1 is 1.26 bits per heavy atom.